The molecule has 0 radical (unpaired) electrons. The molecule has 0 aromatic heterocycles. The van der Waals surface area contributed by atoms with Gasteiger partial charge < -0.3 is 16.4 Å². The maximum atomic E-state index is 12.7. The Morgan fingerprint density at radius 2 is 1.81 bits per heavy atom. The van der Waals surface area contributed by atoms with Gasteiger partial charge in [0.05, 0.1) is 13.1 Å². The number of urea groups is 1. The highest BCUT2D eigenvalue weighted by molar-refractivity contribution is 6.01. The molecule has 2 atom stereocenters. The van der Waals surface area contributed by atoms with Gasteiger partial charge in [0, 0.05) is 17.6 Å². The highest BCUT2D eigenvalue weighted by Gasteiger charge is 2.40. The molecule has 2 bridgehead atoms. The van der Waals surface area contributed by atoms with Crippen molar-refractivity contribution in [3.63, 3.8) is 0 Å². The van der Waals surface area contributed by atoms with Crippen LogP contribution in [-0.2, 0) is 11.3 Å². The Morgan fingerprint density at radius 3 is 2.41 bits per heavy atom. The predicted molar refractivity (Wildman–Crippen MR) is 99.7 cm³/mol. The quantitative estimate of drug-likeness (QED) is 0.696. The van der Waals surface area contributed by atoms with Gasteiger partial charge in [0.2, 0.25) is 5.91 Å². The summed E-state index contributed by atoms with van der Waals surface area (Å²) in [6.07, 6.45) is 5.49. The SMILES string of the molecule is NC1CC2CCCC(C1)C2NC(=O)c1ccc(CN2C(=O)CNC2=O)cc1. The zero-order valence-electron chi connectivity index (χ0n) is 15.3. The number of nitrogens with two attached hydrogens (primary N) is 1. The first-order valence-electron chi connectivity index (χ1n) is 9.75. The van der Waals surface area contributed by atoms with Crippen LogP contribution in [0.2, 0.25) is 0 Å². The lowest BCUT2D eigenvalue weighted by atomic mass is 9.67. The van der Waals surface area contributed by atoms with Crippen molar-refractivity contribution in [1.29, 1.82) is 0 Å². The summed E-state index contributed by atoms with van der Waals surface area (Å²) < 4.78 is 0. The van der Waals surface area contributed by atoms with Crippen molar-refractivity contribution >= 4 is 17.8 Å². The van der Waals surface area contributed by atoms with E-state index in [2.05, 4.69) is 10.6 Å². The maximum Gasteiger partial charge on any atom is 0.324 e. The third-order valence-electron chi connectivity index (χ3n) is 6.17. The highest BCUT2D eigenvalue weighted by atomic mass is 16.2. The van der Waals surface area contributed by atoms with Crippen LogP contribution in [0.25, 0.3) is 0 Å². The average Bonchev–Trinajstić information content (AvgIpc) is 2.95. The van der Waals surface area contributed by atoms with Gasteiger partial charge in [-0.1, -0.05) is 18.6 Å². The van der Waals surface area contributed by atoms with Crippen molar-refractivity contribution in [3.05, 3.63) is 35.4 Å². The van der Waals surface area contributed by atoms with Crippen LogP contribution in [0, 0.1) is 11.8 Å². The highest BCUT2D eigenvalue weighted by Crippen LogP contribution is 2.39. The Bertz CT molecular complexity index is 718. The van der Waals surface area contributed by atoms with Gasteiger partial charge in [0.15, 0.2) is 0 Å². The number of hydrogen-bond donors (Lipinski definition) is 3. The number of nitrogens with zero attached hydrogens (tertiary/aromatic N) is 1. The molecule has 2 unspecified atom stereocenters. The van der Waals surface area contributed by atoms with Crippen molar-refractivity contribution in [2.24, 2.45) is 17.6 Å². The van der Waals surface area contributed by atoms with Crippen molar-refractivity contribution in [3.8, 4) is 0 Å². The largest absolute Gasteiger partial charge is 0.349 e. The van der Waals surface area contributed by atoms with Crippen LogP contribution in [0.3, 0.4) is 0 Å². The Kier molecular flexibility index (Phi) is 4.86. The number of benzene rings is 1. The normalized spacial score (nSPS) is 30.2. The molecular formula is C20H26N4O3. The van der Waals surface area contributed by atoms with Crippen LogP contribution in [0.5, 0.6) is 0 Å². The molecule has 7 heteroatoms. The topological polar surface area (TPSA) is 105 Å². The van der Waals surface area contributed by atoms with E-state index in [4.69, 9.17) is 5.73 Å². The predicted octanol–water partition coefficient (Wildman–Crippen LogP) is 1.37. The lowest BCUT2D eigenvalue weighted by Crippen LogP contribution is -2.53. The third-order valence-corrected chi connectivity index (χ3v) is 6.17. The number of hydrogen-bond acceptors (Lipinski definition) is 4. The molecule has 144 valence electrons. The van der Waals surface area contributed by atoms with Crippen molar-refractivity contribution in [2.75, 3.05) is 6.54 Å². The molecule has 1 aromatic rings. The molecule has 27 heavy (non-hydrogen) atoms. The van der Waals surface area contributed by atoms with Gasteiger partial charge in [0.1, 0.15) is 0 Å². The second kappa shape index (κ2) is 7.31. The monoisotopic (exact) mass is 370 g/mol. The molecule has 1 saturated heterocycles. The molecule has 4 N–H and O–H groups in total. The number of fused-ring (bicyclic) bond motifs is 2. The molecule has 4 amide bonds. The van der Waals surface area contributed by atoms with E-state index < -0.39 is 0 Å². The minimum absolute atomic E-state index is 0.0483. The van der Waals surface area contributed by atoms with E-state index in [-0.39, 0.29) is 43.0 Å². The number of amides is 4. The Labute approximate surface area is 158 Å². The molecular weight excluding hydrogens is 344 g/mol. The minimum Gasteiger partial charge on any atom is -0.349 e. The fraction of sp³-hybridized carbons (Fsp3) is 0.550. The third kappa shape index (κ3) is 3.69. The second-order valence-corrected chi connectivity index (χ2v) is 8.02. The summed E-state index contributed by atoms with van der Waals surface area (Å²) in [5.41, 5.74) is 7.58. The number of nitrogens with one attached hydrogen (secondary N) is 2. The molecule has 0 spiro atoms. The minimum atomic E-state index is -0.371. The number of imide groups is 1. The van der Waals surface area contributed by atoms with Crippen LogP contribution >= 0.6 is 0 Å². The summed E-state index contributed by atoms with van der Waals surface area (Å²) in [5.74, 6) is 0.670. The molecule has 1 heterocycles. The second-order valence-electron chi connectivity index (χ2n) is 8.02. The van der Waals surface area contributed by atoms with E-state index in [1.54, 1.807) is 24.3 Å². The van der Waals surface area contributed by atoms with Gasteiger partial charge in [-0.15, -0.1) is 0 Å². The van der Waals surface area contributed by atoms with E-state index in [1.165, 1.54) is 11.3 Å². The van der Waals surface area contributed by atoms with E-state index in [1.807, 2.05) is 0 Å². The first kappa shape index (κ1) is 18.0. The van der Waals surface area contributed by atoms with Gasteiger partial charge >= 0.3 is 6.03 Å². The van der Waals surface area contributed by atoms with E-state index in [0.717, 1.165) is 31.2 Å². The fourth-order valence-electron chi connectivity index (χ4n) is 4.82. The van der Waals surface area contributed by atoms with Crippen LogP contribution < -0.4 is 16.4 Å². The van der Waals surface area contributed by atoms with Gasteiger partial charge in [-0.2, -0.15) is 0 Å². The molecule has 2 saturated carbocycles. The Balaban J connectivity index is 1.39. The summed E-state index contributed by atoms with van der Waals surface area (Å²) in [6, 6.07) is 7.22. The summed E-state index contributed by atoms with van der Waals surface area (Å²) >= 11 is 0. The van der Waals surface area contributed by atoms with Crippen LogP contribution in [0.4, 0.5) is 4.79 Å². The van der Waals surface area contributed by atoms with E-state index in [9.17, 15) is 14.4 Å². The summed E-state index contributed by atoms with van der Waals surface area (Å²) in [4.78, 5) is 37.2. The van der Waals surface area contributed by atoms with Crippen molar-refractivity contribution in [2.45, 2.75) is 50.7 Å². The molecule has 1 aromatic carbocycles. The van der Waals surface area contributed by atoms with Crippen LogP contribution in [0.15, 0.2) is 24.3 Å². The molecule has 7 nitrogen and oxygen atoms in total. The lowest BCUT2D eigenvalue weighted by Gasteiger charge is -2.45. The summed E-state index contributed by atoms with van der Waals surface area (Å²) in [7, 11) is 0. The Morgan fingerprint density at radius 1 is 1.15 bits per heavy atom. The van der Waals surface area contributed by atoms with E-state index in [0.29, 0.717) is 17.4 Å². The van der Waals surface area contributed by atoms with E-state index >= 15 is 0 Å². The average molecular weight is 370 g/mol. The van der Waals surface area contributed by atoms with Gasteiger partial charge in [0.25, 0.3) is 5.91 Å². The fourth-order valence-corrected chi connectivity index (χ4v) is 4.82. The van der Waals surface area contributed by atoms with Gasteiger partial charge in [-0.25, -0.2) is 4.79 Å². The number of carbonyl (C=O) groups is 3. The first-order chi connectivity index (χ1) is 13.0. The summed E-state index contributed by atoms with van der Waals surface area (Å²) in [5, 5.41) is 5.74. The van der Waals surface area contributed by atoms with Crippen LogP contribution in [0.1, 0.15) is 48.0 Å². The lowest BCUT2D eigenvalue weighted by molar-refractivity contribution is -0.125. The maximum absolute atomic E-state index is 12.7. The summed E-state index contributed by atoms with van der Waals surface area (Å²) in [6.45, 7) is 0.268. The zero-order chi connectivity index (χ0) is 19.0. The van der Waals surface area contributed by atoms with Crippen molar-refractivity contribution in [1.82, 2.24) is 15.5 Å². The van der Waals surface area contributed by atoms with Crippen molar-refractivity contribution < 1.29 is 14.4 Å². The molecule has 3 fully saturated rings. The molecule has 2 aliphatic carbocycles. The molecule has 1 aliphatic heterocycles. The zero-order valence-corrected chi connectivity index (χ0v) is 15.3. The first-order valence-corrected chi connectivity index (χ1v) is 9.75. The van der Waals surface area contributed by atoms with Crippen LogP contribution in [-0.4, -0.2) is 41.4 Å². The standard InChI is InChI=1S/C20H26N4O3/c21-16-8-14-2-1-3-15(9-16)18(14)23-19(26)13-6-4-12(5-7-13)11-24-17(25)10-22-20(24)27/h4-7,14-16,18H,1-3,8-11,21H2,(H,22,27)(H,23,26). The van der Waals surface area contributed by atoms with Gasteiger partial charge in [-0.05, 0) is 55.2 Å². The molecule has 3 aliphatic rings. The number of rotatable bonds is 4. The Hall–Kier alpha value is -2.41. The smallest absolute Gasteiger partial charge is 0.324 e. The molecule has 4 rings (SSSR count). The number of carbonyl (C=O) groups excluding carboxylic acids is 3. The van der Waals surface area contributed by atoms with Gasteiger partial charge in [-0.3, -0.25) is 14.5 Å².